The van der Waals surface area contributed by atoms with Crippen molar-refractivity contribution in [3.63, 3.8) is 0 Å². The summed E-state index contributed by atoms with van der Waals surface area (Å²) in [4.78, 5) is 14.2. The zero-order valence-corrected chi connectivity index (χ0v) is 14.6. The number of benzene rings is 3. The first-order valence-electron chi connectivity index (χ1n) is 8.00. The van der Waals surface area contributed by atoms with Gasteiger partial charge in [-0.05, 0) is 41.1 Å². The van der Waals surface area contributed by atoms with Crippen LogP contribution in [0.3, 0.4) is 0 Å². The van der Waals surface area contributed by atoms with Gasteiger partial charge in [0.15, 0.2) is 6.61 Å². The van der Waals surface area contributed by atoms with Crippen LogP contribution in [0.2, 0.25) is 0 Å². The Morgan fingerprint density at radius 2 is 1.69 bits per heavy atom. The Labute approximate surface area is 150 Å². The van der Waals surface area contributed by atoms with E-state index in [1.165, 1.54) is 12.1 Å². The molecular formula is C19H16N2O4S. The zero-order valence-electron chi connectivity index (χ0n) is 13.8. The normalized spacial score (nSPS) is 14.7. The highest BCUT2D eigenvalue weighted by molar-refractivity contribution is 7.89. The molecule has 0 aromatic heterocycles. The van der Waals surface area contributed by atoms with Crippen molar-refractivity contribution < 1.29 is 17.9 Å². The number of nitrogens with two attached hydrogens (primary N) is 1. The van der Waals surface area contributed by atoms with Crippen molar-refractivity contribution in [1.82, 2.24) is 0 Å². The summed E-state index contributed by atoms with van der Waals surface area (Å²) in [6.45, 7) is 0.256. The molecule has 3 aromatic carbocycles. The van der Waals surface area contributed by atoms with Gasteiger partial charge in [-0.1, -0.05) is 30.3 Å². The third kappa shape index (κ3) is 2.91. The summed E-state index contributed by atoms with van der Waals surface area (Å²) in [5, 5.41) is 7.22. The summed E-state index contributed by atoms with van der Waals surface area (Å²) in [6.07, 6.45) is 0. The molecule has 0 fully saturated rings. The van der Waals surface area contributed by atoms with Gasteiger partial charge in [-0.2, -0.15) is 0 Å². The first-order chi connectivity index (χ1) is 12.4. The fraction of sp³-hybridized carbons (Fsp3) is 0.105. The number of hydrogen-bond acceptors (Lipinski definition) is 4. The van der Waals surface area contributed by atoms with E-state index >= 15 is 0 Å². The molecule has 132 valence electrons. The van der Waals surface area contributed by atoms with Crippen LogP contribution in [0.4, 0.5) is 5.69 Å². The van der Waals surface area contributed by atoms with E-state index in [-0.39, 0.29) is 17.4 Å². The van der Waals surface area contributed by atoms with Crippen LogP contribution in [-0.2, 0) is 21.4 Å². The summed E-state index contributed by atoms with van der Waals surface area (Å²) in [7, 11) is -3.78. The number of sulfonamides is 1. The molecule has 1 amide bonds. The number of primary sulfonamides is 1. The van der Waals surface area contributed by atoms with Crippen LogP contribution in [-0.4, -0.2) is 20.9 Å². The standard InChI is InChI=1S/C19H16N2O4S/c20-26(23,24)15-8-6-14(7-9-15)21-11-17-16-4-2-1-3-13(16)5-10-18(17)25-12-19(21)22/h1-10H,11-12H2,(H2,20,23,24). The third-order valence-electron chi connectivity index (χ3n) is 4.44. The van der Waals surface area contributed by atoms with Gasteiger partial charge in [-0.3, -0.25) is 4.79 Å². The highest BCUT2D eigenvalue weighted by Crippen LogP contribution is 2.33. The smallest absolute Gasteiger partial charge is 0.265 e. The third-order valence-corrected chi connectivity index (χ3v) is 5.37. The molecule has 0 atom stereocenters. The van der Waals surface area contributed by atoms with Crippen LogP contribution in [0.1, 0.15) is 5.56 Å². The van der Waals surface area contributed by atoms with Gasteiger partial charge in [0, 0.05) is 11.3 Å². The molecule has 6 nitrogen and oxygen atoms in total. The summed E-state index contributed by atoms with van der Waals surface area (Å²) in [5.74, 6) is 0.481. The van der Waals surface area contributed by atoms with Crippen molar-refractivity contribution in [2.45, 2.75) is 11.4 Å². The molecule has 0 unspecified atom stereocenters. The molecule has 0 aliphatic carbocycles. The van der Waals surface area contributed by atoms with Gasteiger partial charge in [-0.15, -0.1) is 0 Å². The Kier molecular flexibility index (Phi) is 3.90. The SMILES string of the molecule is NS(=O)(=O)c1ccc(N2Cc3c(ccc4ccccc34)OCC2=O)cc1. The molecule has 2 N–H and O–H groups in total. The molecule has 1 aliphatic heterocycles. The van der Waals surface area contributed by atoms with Crippen molar-refractivity contribution >= 4 is 32.4 Å². The predicted molar refractivity (Wildman–Crippen MR) is 98.4 cm³/mol. The number of fused-ring (bicyclic) bond motifs is 3. The average molecular weight is 368 g/mol. The Balaban J connectivity index is 1.78. The first-order valence-corrected chi connectivity index (χ1v) is 9.55. The number of carbonyl (C=O) groups excluding carboxylic acids is 1. The molecule has 0 spiro atoms. The minimum absolute atomic E-state index is 0.00520. The molecule has 0 saturated heterocycles. The topological polar surface area (TPSA) is 89.7 Å². The van der Waals surface area contributed by atoms with E-state index < -0.39 is 10.0 Å². The van der Waals surface area contributed by atoms with E-state index in [0.29, 0.717) is 18.0 Å². The van der Waals surface area contributed by atoms with Crippen molar-refractivity contribution in [2.24, 2.45) is 5.14 Å². The maximum absolute atomic E-state index is 12.6. The van der Waals surface area contributed by atoms with E-state index in [1.807, 2.05) is 36.4 Å². The molecule has 1 heterocycles. The number of nitrogens with zero attached hydrogens (tertiary/aromatic N) is 1. The number of carbonyl (C=O) groups is 1. The van der Waals surface area contributed by atoms with Crippen molar-refractivity contribution in [3.05, 3.63) is 66.2 Å². The highest BCUT2D eigenvalue weighted by atomic mass is 32.2. The lowest BCUT2D eigenvalue weighted by molar-refractivity contribution is -0.120. The number of amides is 1. The van der Waals surface area contributed by atoms with Gasteiger partial charge in [0.25, 0.3) is 5.91 Å². The second kappa shape index (κ2) is 6.12. The number of rotatable bonds is 2. The maximum Gasteiger partial charge on any atom is 0.265 e. The fourth-order valence-corrected chi connectivity index (χ4v) is 3.64. The lowest BCUT2D eigenvalue weighted by atomic mass is 10.0. The molecule has 0 radical (unpaired) electrons. The Hall–Kier alpha value is -2.90. The van der Waals surface area contributed by atoms with E-state index in [9.17, 15) is 13.2 Å². The van der Waals surface area contributed by atoms with E-state index in [2.05, 4.69) is 0 Å². The van der Waals surface area contributed by atoms with Gasteiger partial charge in [0.2, 0.25) is 10.0 Å². The second-order valence-corrected chi connectivity index (χ2v) is 7.63. The summed E-state index contributed by atoms with van der Waals surface area (Å²) >= 11 is 0. The number of ether oxygens (including phenoxy) is 1. The molecular weight excluding hydrogens is 352 g/mol. The van der Waals surface area contributed by atoms with Crippen LogP contribution < -0.4 is 14.8 Å². The van der Waals surface area contributed by atoms with Crippen LogP contribution in [0.15, 0.2) is 65.6 Å². The van der Waals surface area contributed by atoms with Crippen molar-refractivity contribution in [1.29, 1.82) is 0 Å². The summed E-state index contributed by atoms with van der Waals surface area (Å²) in [6, 6.07) is 17.7. The van der Waals surface area contributed by atoms with Crippen molar-refractivity contribution in [2.75, 3.05) is 11.5 Å². The van der Waals surface area contributed by atoms with Gasteiger partial charge >= 0.3 is 0 Å². The summed E-state index contributed by atoms with van der Waals surface area (Å²) in [5.41, 5.74) is 1.51. The van der Waals surface area contributed by atoms with E-state index in [4.69, 9.17) is 9.88 Å². The van der Waals surface area contributed by atoms with E-state index in [0.717, 1.165) is 16.3 Å². The number of anilines is 1. The molecule has 3 aromatic rings. The number of hydrogen-bond donors (Lipinski definition) is 1. The van der Waals surface area contributed by atoms with Crippen molar-refractivity contribution in [3.8, 4) is 5.75 Å². The lowest BCUT2D eigenvalue weighted by Crippen LogP contribution is -2.32. The van der Waals surface area contributed by atoms with Crippen LogP contribution in [0.5, 0.6) is 5.75 Å². The monoisotopic (exact) mass is 368 g/mol. The molecule has 0 saturated carbocycles. The minimum Gasteiger partial charge on any atom is -0.483 e. The Bertz CT molecular complexity index is 1110. The molecule has 1 aliphatic rings. The highest BCUT2D eigenvalue weighted by Gasteiger charge is 2.24. The van der Waals surface area contributed by atoms with Crippen LogP contribution in [0.25, 0.3) is 10.8 Å². The predicted octanol–water partition coefficient (Wildman–Crippen LogP) is 2.41. The largest absolute Gasteiger partial charge is 0.483 e. The fourth-order valence-electron chi connectivity index (χ4n) is 3.13. The van der Waals surface area contributed by atoms with E-state index in [1.54, 1.807) is 17.0 Å². The van der Waals surface area contributed by atoms with Gasteiger partial charge in [-0.25, -0.2) is 13.6 Å². The quantitative estimate of drug-likeness (QED) is 0.752. The Morgan fingerprint density at radius 1 is 0.962 bits per heavy atom. The lowest BCUT2D eigenvalue weighted by Gasteiger charge is -2.21. The van der Waals surface area contributed by atoms with Gasteiger partial charge in [0.05, 0.1) is 11.4 Å². The molecule has 0 bridgehead atoms. The average Bonchev–Trinajstić information content (AvgIpc) is 2.80. The van der Waals surface area contributed by atoms with Crippen LogP contribution in [0, 0.1) is 0 Å². The van der Waals surface area contributed by atoms with Gasteiger partial charge in [0.1, 0.15) is 5.75 Å². The molecule has 26 heavy (non-hydrogen) atoms. The molecule has 7 heteroatoms. The second-order valence-electron chi connectivity index (χ2n) is 6.07. The Morgan fingerprint density at radius 3 is 2.42 bits per heavy atom. The van der Waals surface area contributed by atoms with Crippen LogP contribution >= 0.6 is 0 Å². The first kappa shape index (κ1) is 16.6. The minimum atomic E-state index is -3.78. The maximum atomic E-state index is 12.6. The zero-order chi connectivity index (χ0) is 18.3. The van der Waals surface area contributed by atoms with Gasteiger partial charge < -0.3 is 9.64 Å². The summed E-state index contributed by atoms with van der Waals surface area (Å²) < 4.78 is 28.5. The molecule has 4 rings (SSSR count).